The number of rotatable bonds is 1. The average molecular weight is 154 g/mol. The lowest BCUT2D eigenvalue weighted by atomic mass is 10.5. The zero-order chi connectivity index (χ0) is 8.43. The van der Waals surface area contributed by atoms with Crippen molar-refractivity contribution in [3.63, 3.8) is 0 Å². The van der Waals surface area contributed by atoms with E-state index in [1.54, 1.807) is 6.92 Å². The molecular weight excluding hydrogens is 144 g/mol. The molecule has 4 heteroatoms. The van der Waals surface area contributed by atoms with Crippen LogP contribution in [0.4, 0.5) is 0 Å². The summed E-state index contributed by atoms with van der Waals surface area (Å²) in [6, 6.07) is 1.11. The maximum atomic E-state index is 11.1. The molecule has 0 aliphatic carbocycles. The van der Waals surface area contributed by atoms with Gasteiger partial charge in [0.15, 0.2) is 0 Å². The third-order valence-electron chi connectivity index (χ3n) is 1.50. The Morgan fingerprint density at radius 1 is 1.73 bits per heavy atom. The Bertz CT molecular complexity index is 317. The molecule has 1 heterocycles. The normalized spacial score (nSPS) is 10.0. The molecule has 1 aromatic heterocycles. The zero-order valence-electron chi connectivity index (χ0n) is 6.53. The van der Waals surface area contributed by atoms with Crippen LogP contribution in [-0.2, 0) is 6.54 Å². The van der Waals surface area contributed by atoms with Crippen molar-refractivity contribution in [2.24, 2.45) is 0 Å². The lowest BCUT2D eigenvalue weighted by molar-refractivity contribution is 0.443. The summed E-state index contributed by atoms with van der Waals surface area (Å²) in [6.45, 7) is 4.12. The molecule has 0 spiro atoms. The predicted octanol–water partition coefficient (Wildman–Crippen LogP) is 0.277. The van der Waals surface area contributed by atoms with Gasteiger partial charge < -0.3 is 5.11 Å². The van der Waals surface area contributed by atoms with Crippen molar-refractivity contribution in [3.05, 3.63) is 22.2 Å². The van der Waals surface area contributed by atoms with E-state index in [4.69, 9.17) is 5.11 Å². The van der Waals surface area contributed by atoms with Gasteiger partial charge in [0.05, 0.1) is 6.07 Å². The van der Waals surface area contributed by atoms with Crippen molar-refractivity contribution >= 4 is 0 Å². The highest BCUT2D eigenvalue weighted by molar-refractivity contribution is 5.07. The van der Waals surface area contributed by atoms with E-state index in [0.717, 1.165) is 6.07 Å². The predicted molar refractivity (Wildman–Crippen MR) is 40.6 cm³/mol. The molecule has 60 valence electrons. The summed E-state index contributed by atoms with van der Waals surface area (Å²) < 4.78 is 1.49. The van der Waals surface area contributed by atoms with Crippen LogP contribution >= 0.6 is 0 Å². The van der Waals surface area contributed by atoms with E-state index < -0.39 is 0 Å². The third kappa shape index (κ3) is 1.39. The van der Waals surface area contributed by atoms with E-state index in [-0.39, 0.29) is 11.4 Å². The van der Waals surface area contributed by atoms with Gasteiger partial charge in [0.2, 0.25) is 5.88 Å². The van der Waals surface area contributed by atoms with Crippen LogP contribution in [0.25, 0.3) is 0 Å². The van der Waals surface area contributed by atoms with Crippen LogP contribution in [0.3, 0.4) is 0 Å². The maximum Gasteiger partial charge on any atom is 0.257 e. The van der Waals surface area contributed by atoms with Gasteiger partial charge in [0.25, 0.3) is 5.56 Å². The Hall–Kier alpha value is -1.32. The van der Waals surface area contributed by atoms with Crippen molar-refractivity contribution in [2.75, 3.05) is 0 Å². The highest BCUT2D eigenvalue weighted by Crippen LogP contribution is 1.99. The van der Waals surface area contributed by atoms with E-state index in [1.807, 2.05) is 6.92 Å². The Morgan fingerprint density at radius 3 is 2.82 bits per heavy atom. The first kappa shape index (κ1) is 7.78. The van der Waals surface area contributed by atoms with Crippen molar-refractivity contribution in [2.45, 2.75) is 20.4 Å². The smallest absolute Gasteiger partial charge is 0.257 e. The monoisotopic (exact) mass is 154 g/mol. The summed E-state index contributed by atoms with van der Waals surface area (Å²) in [5.41, 5.74) is -0.211. The van der Waals surface area contributed by atoms with Gasteiger partial charge in [-0.2, -0.15) is 0 Å². The number of aryl methyl sites for hydroxylation is 1. The number of hydrogen-bond acceptors (Lipinski definition) is 3. The van der Waals surface area contributed by atoms with Crippen LogP contribution in [0.2, 0.25) is 0 Å². The molecule has 1 N–H and O–H groups in total. The summed E-state index contributed by atoms with van der Waals surface area (Å²) in [7, 11) is 0. The summed E-state index contributed by atoms with van der Waals surface area (Å²) in [5, 5.41) is 8.89. The lowest BCUT2D eigenvalue weighted by Crippen LogP contribution is -2.21. The molecule has 0 saturated heterocycles. The largest absolute Gasteiger partial charge is 0.493 e. The molecule has 1 aromatic rings. The molecule has 0 aliphatic heterocycles. The maximum absolute atomic E-state index is 11.1. The number of aromatic hydroxyl groups is 1. The molecule has 1 rings (SSSR count). The highest BCUT2D eigenvalue weighted by atomic mass is 16.3. The van der Waals surface area contributed by atoms with E-state index in [9.17, 15) is 4.79 Å². The van der Waals surface area contributed by atoms with Crippen LogP contribution in [0.5, 0.6) is 5.88 Å². The number of nitrogens with zero attached hydrogens (tertiary/aromatic N) is 2. The first-order chi connectivity index (χ1) is 5.15. The summed E-state index contributed by atoms with van der Waals surface area (Å²) in [4.78, 5) is 14.8. The second-order valence-electron chi connectivity index (χ2n) is 2.24. The number of aromatic nitrogens is 2. The highest BCUT2D eigenvalue weighted by Gasteiger charge is 2.00. The van der Waals surface area contributed by atoms with Gasteiger partial charge in [0.1, 0.15) is 5.82 Å². The summed E-state index contributed by atoms with van der Waals surface area (Å²) in [5.74, 6) is 0.328. The Balaban J connectivity index is 3.37. The molecule has 11 heavy (non-hydrogen) atoms. The fourth-order valence-corrected chi connectivity index (χ4v) is 0.991. The molecule has 0 aromatic carbocycles. The van der Waals surface area contributed by atoms with Crippen molar-refractivity contribution in [1.29, 1.82) is 0 Å². The SMILES string of the molecule is CCn1c(C)nc(O)cc1=O. The van der Waals surface area contributed by atoms with Gasteiger partial charge in [-0.1, -0.05) is 0 Å². The molecule has 0 saturated carbocycles. The molecule has 0 atom stereocenters. The lowest BCUT2D eigenvalue weighted by Gasteiger charge is -2.04. The van der Waals surface area contributed by atoms with Gasteiger partial charge in [0, 0.05) is 6.54 Å². The standard InChI is InChI=1S/C7H10N2O2/c1-3-9-5(2)8-6(10)4-7(9)11/h4,10H,3H2,1-2H3. The van der Waals surface area contributed by atoms with Crippen LogP contribution in [0, 0.1) is 6.92 Å². The fraction of sp³-hybridized carbons (Fsp3) is 0.429. The second-order valence-corrected chi connectivity index (χ2v) is 2.24. The minimum Gasteiger partial charge on any atom is -0.493 e. The number of hydrogen-bond donors (Lipinski definition) is 1. The minimum absolute atomic E-state index is 0.211. The summed E-state index contributed by atoms with van der Waals surface area (Å²) in [6.07, 6.45) is 0. The van der Waals surface area contributed by atoms with E-state index in [2.05, 4.69) is 4.98 Å². The molecule has 0 unspecified atom stereocenters. The molecule has 0 aliphatic rings. The van der Waals surface area contributed by atoms with Gasteiger partial charge in [-0.25, -0.2) is 4.98 Å². The van der Waals surface area contributed by atoms with Crippen molar-refractivity contribution in [3.8, 4) is 5.88 Å². The van der Waals surface area contributed by atoms with E-state index in [0.29, 0.717) is 12.4 Å². The molecular formula is C7H10N2O2. The van der Waals surface area contributed by atoms with Gasteiger partial charge in [-0.05, 0) is 13.8 Å². The molecule has 0 fully saturated rings. The van der Waals surface area contributed by atoms with E-state index >= 15 is 0 Å². The van der Waals surface area contributed by atoms with Gasteiger partial charge in [-0.15, -0.1) is 0 Å². The quantitative estimate of drug-likeness (QED) is 0.632. The second kappa shape index (κ2) is 2.74. The van der Waals surface area contributed by atoms with Crippen LogP contribution in [0.1, 0.15) is 12.7 Å². The molecule has 0 bridgehead atoms. The van der Waals surface area contributed by atoms with Gasteiger partial charge in [-0.3, -0.25) is 9.36 Å². The topological polar surface area (TPSA) is 55.1 Å². The Labute approximate surface area is 64.1 Å². The fourth-order valence-electron chi connectivity index (χ4n) is 0.991. The van der Waals surface area contributed by atoms with Crippen molar-refractivity contribution < 1.29 is 5.11 Å². The van der Waals surface area contributed by atoms with E-state index in [1.165, 1.54) is 4.57 Å². The zero-order valence-corrected chi connectivity index (χ0v) is 6.53. The van der Waals surface area contributed by atoms with Gasteiger partial charge >= 0.3 is 0 Å². The molecule has 0 amide bonds. The first-order valence-electron chi connectivity index (χ1n) is 3.42. The van der Waals surface area contributed by atoms with Crippen LogP contribution in [0.15, 0.2) is 10.9 Å². The van der Waals surface area contributed by atoms with Crippen LogP contribution < -0.4 is 5.56 Å². The summed E-state index contributed by atoms with van der Waals surface area (Å²) >= 11 is 0. The molecule has 0 radical (unpaired) electrons. The average Bonchev–Trinajstić information content (AvgIpc) is 1.85. The minimum atomic E-state index is -0.211. The Morgan fingerprint density at radius 2 is 2.36 bits per heavy atom. The third-order valence-corrected chi connectivity index (χ3v) is 1.50. The van der Waals surface area contributed by atoms with Crippen molar-refractivity contribution in [1.82, 2.24) is 9.55 Å². The Kier molecular flexibility index (Phi) is 1.94. The van der Waals surface area contributed by atoms with Crippen LogP contribution in [-0.4, -0.2) is 14.7 Å². The molecule has 4 nitrogen and oxygen atoms in total. The first-order valence-corrected chi connectivity index (χ1v) is 3.42.